The van der Waals surface area contributed by atoms with Crippen LogP contribution in [0, 0.1) is 6.92 Å². The maximum Gasteiger partial charge on any atom is 0.266 e. The van der Waals surface area contributed by atoms with E-state index in [4.69, 9.17) is 4.74 Å². The van der Waals surface area contributed by atoms with Crippen molar-refractivity contribution in [3.8, 4) is 5.75 Å². The number of aromatic nitrogens is 1. The van der Waals surface area contributed by atoms with Gasteiger partial charge in [0, 0.05) is 10.7 Å². The van der Waals surface area contributed by atoms with Crippen molar-refractivity contribution in [2.24, 2.45) is 0 Å². The topological polar surface area (TPSA) is 68.3 Å². The van der Waals surface area contributed by atoms with Crippen molar-refractivity contribution in [3.63, 3.8) is 0 Å². The largest absolute Gasteiger partial charge is 0.495 e. The van der Waals surface area contributed by atoms with Crippen molar-refractivity contribution in [2.75, 3.05) is 11.8 Å². The average molecular weight is 357 g/mol. The second-order valence-electron chi connectivity index (χ2n) is 4.12. The molecule has 0 fully saturated rings. The van der Waals surface area contributed by atoms with Gasteiger partial charge in [-0.25, -0.2) is 13.4 Å². The zero-order valence-corrected chi connectivity index (χ0v) is 13.3. The predicted octanol–water partition coefficient (Wildman–Crippen LogP) is 2.96. The Bertz CT molecular complexity index is 732. The summed E-state index contributed by atoms with van der Waals surface area (Å²) in [6.45, 7) is 1.82. The van der Waals surface area contributed by atoms with E-state index in [0.717, 1.165) is 10.0 Å². The third-order valence-electron chi connectivity index (χ3n) is 2.57. The Morgan fingerprint density at radius 1 is 1.25 bits per heavy atom. The fourth-order valence-corrected chi connectivity index (χ4v) is 3.24. The summed E-state index contributed by atoms with van der Waals surface area (Å²) in [5, 5.41) is 0. The van der Waals surface area contributed by atoms with Crippen LogP contribution < -0.4 is 9.46 Å². The number of ether oxygens (including phenoxy) is 1. The molecule has 2 rings (SSSR count). The summed E-state index contributed by atoms with van der Waals surface area (Å²) in [7, 11) is -2.32. The van der Waals surface area contributed by atoms with Crippen LogP contribution in [0.25, 0.3) is 0 Å². The van der Waals surface area contributed by atoms with Crippen molar-refractivity contribution >= 4 is 31.8 Å². The van der Waals surface area contributed by atoms with E-state index < -0.39 is 10.0 Å². The first-order valence-electron chi connectivity index (χ1n) is 5.71. The van der Waals surface area contributed by atoms with Gasteiger partial charge in [-0.15, -0.1) is 0 Å². The minimum Gasteiger partial charge on any atom is -0.495 e. The van der Waals surface area contributed by atoms with Gasteiger partial charge in [0.2, 0.25) is 0 Å². The lowest BCUT2D eigenvalue weighted by molar-refractivity contribution is 0.402. The molecule has 106 valence electrons. The van der Waals surface area contributed by atoms with Crippen LogP contribution in [-0.4, -0.2) is 20.5 Å². The van der Waals surface area contributed by atoms with Crippen molar-refractivity contribution < 1.29 is 13.2 Å². The predicted molar refractivity (Wildman–Crippen MR) is 80.5 cm³/mol. The summed E-state index contributed by atoms with van der Waals surface area (Å²) >= 11 is 3.27. The number of halogens is 1. The van der Waals surface area contributed by atoms with Crippen LogP contribution in [0.4, 0.5) is 5.82 Å². The lowest BCUT2D eigenvalue weighted by Gasteiger charge is -2.11. The lowest BCUT2D eigenvalue weighted by atomic mass is 10.2. The van der Waals surface area contributed by atoms with Gasteiger partial charge in [0.25, 0.3) is 10.0 Å². The molecule has 0 unspecified atom stereocenters. The minimum atomic E-state index is -3.75. The summed E-state index contributed by atoms with van der Waals surface area (Å²) in [4.78, 5) is 4.05. The molecule has 0 saturated carbocycles. The molecule has 1 N–H and O–H groups in total. The molecule has 0 aliphatic rings. The van der Waals surface area contributed by atoms with Crippen molar-refractivity contribution in [1.29, 1.82) is 0 Å². The van der Waals surface area contributed by atoms with Crippen molar-refractivity contribution in [3.05, 3.63) is 46.6 Å². The van der Waals surface area contributed by atoms with E-state index in [1.807, 2.05) is 6.92 Å². The number of nitrogens with one attached hydrogen (secondary N) is 1. The smallest absolute Gasteiger partial charge is 0.266 e. The van der Waals surface area contributed by atoms with E-state index in [1.54, 1.807) is 30.3 Å². The molecule has 0 aliphatic carbocycles. The maximum atomic E-state index is 12.4. The van der Waals surface area contributed by atoms with Crippen LogP contribution in [0.15, 0.2) is 45.9 Å². The highest BCUT2D eigenvalue weighted by molar-refractivity contribution is 9.10. The molecule has 0 amide bonds. The molecule has 1 heterocycles. The third-order valence-corrected chi connectivity index (χ3v) is 4.44. The van der Waals surface area contributed by atoms with Crippen LogP contribution in [0.2, 0.25) is 0 Å². The molecule has 2 aromatic rings. The first kappa shape index (κ1) is 14.8. The van der Waals surface area contributed by atoms with Gasteiger partial charge < -0.3 is 4.74 Å². The van der Waals surface area contributed by atoms with Crippen LogP contribution in [0.1, 0.15) is 5.56 Å². The van der Waals surface area contributed by atoms with Crippen LogP contribution >= 0.6 is 15.9 Å². The molecular formula is C13H13BrN2O3S. The number of benzene rings is 1. The standard InChI is InChI=1S/C13H13BrN2O3S/c1-9-3-4-11(19-2)12(7-9)20(17,18)16-13-8-10(14)5-6-15-13/h3-8H,1-2H3,(H,15,16). The Kier molecular flexibility index (Phi) is 4.29. The Labute approximate surface area is 126 Å². The number of anilines is 1. The normalized spacial score (nSPS) is 11.2. The number of nitrogens with zero attached hydrogens (tertiary/aromatic N) is 1. The summed E-state index contributed by atoms with van der Waals surface area (Å²) in [5.74, 6) is 0.529. The number of hydrogen-bond acceptors (Lipinski definition) is 4. The highest BCUT2D eigenvalue weighted by Crippen LogP contribution is 2.26. The Hall–Kier alpha value is -1.60. The SMILES string of the molecule is COc1ccc(C)cc1S(=O)(=O)Nc1cc(Br)ccn1. The van der Waals surface area contributed by atoms with Gasteiger partial charge in [0.15, 0.2) is 0 Å². The first-order valence-corrected chi connectivity index (χ1v) is 7.99. The fraction of sp³-hybridized carbons (Fsp3) is 0.154. The van der Waals surface area contributed by atoms with E-state index in [9.17, 15) is 8.42 Å². The summed E-state index contributed by atoms with van der Waals surface area (Å²) in [6.07, 6.45) is 1.51. The fourth-order valence-electron chi connectivity index (χ4n) is 1.65. The van der Waals surface area contributed by atoms with Crippen molar-refractivity contribution in [1.82, 2.24) is 4.98 Å². The van der Waals surface area contributed by atoms with Gasteiger partial charge >= 0.3 is 0 Å². The highest BCUT2D eigenvalue weighted by Gasteiger charge is 2.20. The number of pyridine rings is 1. The van der Waals surface area contributed by atoms with E-state index >= 15 is 0 Å². The Balaban J connectivity index is 2.43. The van der Waals surface area contributed by atoms with Gasteiger partial charge in [-0.2, -0.15) is 0 Å². The first-order chi connectivity index (χ1) is 9.42. The van der Waals surface area contributed by atoms with E-state index in [2.05, 4.69) is 25.6 Å². The number of aryl methyl sites for hydroxylation is 1. The Morgan fingerprint density at radius 2 is 2.00 bits per heavy atom. The Morgan fingerprint density at radius 3 is 2.65 bits per heavy atom. The second-order valence-corrected chi connectivity index (χ2v) is 6.69. The van der Waals surface area contributed by atoms with Gasteiger partial charge in [-0.3, -0.25) is 4.72 Å². The zero-order valence-electron chi connectivity index (χ0n) is 10.9. The van der Waals surface area contributed by atoms with E-state index in [-0.39, 0.29) is 16.5 Å². The molecule has 7 heteroatoms. The summed E-state index contributed by atoms with van der Waals surface area (Å²) in [5.41, 5.74) is 0.827. The number of methoxy groups -OCH3 is 1. The van der Waals surface area contributed by atoms with Gasteiger partial charge in [-0.1, -0.05) is 22.0 Å². The highest BCUT2D eigenvalue weighted by atomic mass is 79.9. The minimum absolute atomic E-state index is 0.0850. The molecular weight excluding hydrogens is 344 g/mol. The molecule has 1 aromatic heterocycles. The molecule has 0 bridgehead atoms. The zero-order chi connectivity index (χ0) is 14.8. The van der Waals surface area contributed by atoms with E-state index in [0.29, 0.717) is 0 Å². The lowest BCUT2D eigenvalue weighted by Crippen LogP contribution is -2.15. The molecule has 0 radical (unpaired) electrons. The van der Waals surface area contributed by atoms with E-state index in [1.165, 1.54) is 13.3 Å². The monoisotopic (exact) mass is 356 g/mol. The molecule has 1 aromatic carbocycles. The van der Waals surface area contributed by atoms with Crippen LogP contribution in [0.5, 0.6) is 5.75 Å². The van der Waals surface area contributed by atoms with Crippen LogP contribution in [-0.2, 0) is 10.0 Å². The summed E-state index contributed by atoms with van der Waals surface area (Å²) in [6, 6.07) is 8.26. The molecule has 0 saturated heterocycles. The quantitative estimate of drug-likeness (QED) is 0.914. The molecule has 0 atom stereocenters. The average Bonchev–Trinajstić information content (AvgIpc) is 2.38. The molecule has 20 heavy (non-hydrogen) atoms. The maximum absolute atomic E-state index is 12.4. The number of rotatable bonds is 4. The van der Waals surface area contributed by atoms with Gasteiger partial charge in [-0.05, 0) is 36.8 Å². The number of hydrogen-bond donors (Lipinski definition) is 1. The molecule has 0 spiro atoms. The third kappa shape index (κ3) is 3.29. The molecule has 0 aliphatic heterocycles. The summed E-state index contributed by atoms with van der Waals surface area (Å²) < 4.78 is 33.1. The van der Waals surface area contributed by atoms with Crippen LogP contribution in [0.3, 0.4) is 0 Å². The van der Waals surface area contributed by atoms with Gasteiger partial charge in [0.05, 0.1) is 7.11 Å². The second kappa shape index (κ2) is 5.80. The number of sulfonamides is 1. The van der Waals surface area contributed by atoms with Gasteiger partial charge in [0.1, 0.15) is 16.5 Å². The molecule has 5 nitrogen and oxygen atoms in total. The van der Waals surface area contributed by atoms with Crippen molar-refractivity contribution in [2.45, 2.75) is 11.8 Å².